The summed E-state index contributed by atoms with van der Waals surface area (Å²) in [7, 11) is 1.60. The fourth-order valence-electron chi connectivity index (χ4n) is 3.72. The van der Waals surface area contributed by atoms with Gasteiger partial charge in [0.15, 0.2) is 5.16 Å². The summed E-state index contributed by atoms with van der Waals surface area (Å²) in [6.07, 6.45) is 0.772. The topological polar surface area (TPSA) is 79.7 Å². The number of thioether (sulfide) groups is 1. The molecule has 3 heterocycles. The predicted molar refractivity (Wildman–Crippen MR) is 126 cm³/mol. The van der Waals surface area contributed by atoms with Crippen LogP contribution in [0, 0.1) is 5.92 Å². The van der Waals surface area contributed by atoms with Crippen LogP contribution < -0.4 is 10.3 Å². The van der Waals surface area contributed by atoms with Crippen molar-refractivity contribution in [1.82, 2.24) is 9.55 Å². The number of ether oxygens (including phenoxy) is 3. The van der Waals surface area contributed by atoms with Gasteiger partial charge in [0.25, 0.3) is 5.56 Å². The van der Waals surface area contributed by atoms with Gasteiger partial charge in [-0.2, -0.15) is 0 Å². The Morgan fingerprint density at radius 3 is 2.75 bits per heavy atom. The minimum absolute atomic E-state index is 0.0750. The molecule has 1 aliphatic heterocycles. The van der Waals surface area contributed by atoms with Crippen molar-refractivity contribution in [3.63, 3.8) is 0 Å². The molecule has 0 amide bonds. The van der Waals surface area contributed by atoms with Crippen LogP contribution in [0.2, 0.25) is 0 Å². The quantitative estimate of drug-likeness (QED) is 0.288. The average molecular weight is 475 g/mol. The first kappa shape index (κ1) is 22.8. The van der Waals surface area contributed by atoms with Crippen LogP contribution in [0.4, 0.5) is 0 Å². The standard InChI is InChI=1S/C23H26N2O5S2/c1-5-29-19(26)12-31-23-24-21-20(16-10-17(13(2)3)30-11-18(16)32-21)22(27)25(23)14-6-8-15(28-4)9-7-14/h6-9,13,17H,5,10-12H2,1-4H3/t17-/m0/s1. The highest BCUT2D eigenvalue weighted by Gasteiger charge is 2.29. The number of benzene rings is 1. The van der Waals surface area contributed by atoms with Crippen LogP contribution in [0.1, 0.15) is 31.2 Å². The van der Waals surface area contributed by atoms with E-state index in [0.717, 1.165) is 10.4 Å². The number of carbonyl (C=O) groups excluding carboxylic acids is 1. The Hall–Kier alpha value is -2.36. The molecule has 0 radical (unpaired) electrons. The van der Waals surface area contributed by atoms with Gasteiger partial charge in [-0.05, 0) is 42.7 Å². The number of thiophene rings is 1. The van der Waals surface area contributed by atoms with Crippen LogP contribution in [0.15, 0.2) is 34.2 Å². The fourth-order valence-corrected chi connectivity index (χ4v) is 5.69. The van der Waals surface area contributed by atoms with E-state index < -0.39 is 0 Å². The number of hydrogen-bond acceptors (Lipinski definition) is 8. The maximum atomic E-state index is 13.8. The van der Waals surface area contributed by atoms with Gasteiger partial charge in [0.2, 0.25) is 0 Å². The molecule has 0 spiro atoms. The highest BCUT2D eigenvalue weighted by Crippen LogP contribution is 2.36. The fraction of sp³-hybridized carbons (Fsp3) is 0.435. The largest absolute Gasteiger partial charge is 0.497 e. The highest BCUT2D eigenvalue weighted by atomic mass is 32.2. The van der Waals surface area contributed by atoms with E-state index in [-0.39, 0.29) is 23.4 Å². The summed E-state index contributed by atoms with van der Waals surface area (Å²) in [4.78, 5) is 32.3. The number of hydrogen-bond donors (Lipinski definition) is 0. The Kier molecular flexibility index (Phi) is 6.88. The first-order chi connectivity index (χ1) is 15.4. The lowest BCUT2D eigenvalue weighted by Gasteiger charge is -2.26. The second-order valence-electron chi connectivity index (χ2n) is 7.81. The molecule has 0 aliphatic carbocycles. The van der Waals surface area contributed by atoms with Gasteiger partial charge < -0.3 is 14.2 Å². The molecule has 0 bridgehead atoms. The SMILES string of the molecule is CCOC(=O)CSc1nc2sc3c(c2c(=O)n1-c1ccc(OC)cc1)C[C@@H](C(C)C)OC3. The summed E-state index contributed by atoms with van der Waals surface area (Å²) in [5.41, 5.74) is 1.58. The minimum Gasteiger partial charge on any atom is -0.497 e. The number of carbonyl (C=O) groups is 1. The van der Waals surface area contributed by atoms with Crippen molar-refractivity contribution >= 4 is 39.3 Å². The van der Waals surface area contributed by atoms with E-state index in [9.17, 15) is 9.59 Å². The summed E-state index contributed by atoms with van der Waals surface area (Å²) in [6.45, 7) is 6.82. The number of nitrogens with zero attached hydrogens (tertiary/aromatic N) is 2. The summed E-state index contributed by atoms with van der Waals surface area (Å²) in [5.74, 6) is 0.786. The van der Waals surface area contributed by atoms with Gasteiger partial charge in [0.1, 0.15) is 10.6 Å². The lowest BCUT2D eigenvalue weighted by molar-refractivity contribution is -0.139. The van der Waals surface area contributed by atoms with Gasteiger partial charge in [-0.1, -0.05) is 25.6 Å². The number of aromatic nitrogens is 2. The molecule has 1 atom stereocenters. The Labute approximate surface area is 194 Å². The first-order valence-corrected chi connectivity index (χ1v) is 12.3. The summed E-state index contributed by atoms with van der Waals surface area (Å²) in [5, 5.41) is 1.11. The number of methoxy groups -OCH3 is 1. The molecule has 3 aromatic rings. The summed E-state index contributed by atoms with van der Waals surface area (Å²) >= 11 is 2.70. The van der Waals surface area contributed by atoms with Crippen molar-refractivity contribution < 1.29 is 19.0 Å². The zero-order chi connectivity index (χ0) is 22.8. The van der Waals surface area contributed by atoms with Crippen LogP contribution in [-0.2, 0) is 27.3 Å². The molecule has 0 fully saturated rings. The van der Waals surface area contributed by atoms with Crippen molar-refractivity contribution in [3.8, 4) is 11.4 Å². The van der Waals surface area contributed by atoms with E-state index in [1.54, 1.807) is 30.7 Å². The summed E-state index contributed by atoms with van der Waals surface area (Å²) in [6, 6.07) is 7.25. The average Bonchev–Trinajstić information content (AvgIpc) is 3.16. The predicted octanol–water partition coefficient (Wildman–Crippen LogP) is 4.21. The molecule has 9 heteroatoms. The smallest absolute Gasteiger partial charge is 0.316 e. The molecule has 170 valence electrons. The van der Waals surface area contributed by atoms with E-state index >= 15 is 0 Å². The van der Waals surface area contributed by atoms with Gasteiger partial charge in [-0.15, -0.1) is 11.3 Å². The van der Waals surface area contributed by atoms with Gasteiger partial charge >= 0.3 is 5.97 Å². The molecule has 2 aromatic heterocycles. The van der Waals surface area contributed by atoms with Crippen LogP contribution >= 0.6 is 23.1 Å². The van der Waals surface area contributed by atoms with E-state index in [4.69, 9.17) is 19.2 Å². The molecule has 32 heavy (non-hydrogen) atoms. The second-order valence-corrected chi connectivity index (χ2v) is 9.83. The lowest BCUT2D eigenvalue weighted by Crippen LogP contribution is -2.28. The van der Waals surface area contributed by atoms with Crippen LogP contribution in [0.25, 0.3) is 15.9 Å². The molecule has 7 nitrogen and oxygen atoms in total. The molecular formula is C23H26N2O5S2. The number of rotatable bonds is 7. The zero-order valence-electron chi connectivity index (χ0n) is 18.5. The molecule has 0 unspecified atom stereocenters. The number of esters is 1. The van der Waals surface area contributed by atoms with Crippen molar-refractivity contribution in [2.75, 3.05) is 19.5 Å². The molecular weight excluding hydrogens is 448 g/mol. The molecule has 0 saturated heterocycles. The van der Waals surface area contributed by atoms with Crippen molar-refractivity contribution in [1.29, 1.82) is 0 Å². The van der Waals surface area contributed by atoms with Crippen molar-refractivity contribution in [2.24, 2.45) is 5.92 Å². The normalized spacial score (nSPS) is 15.7. The molecule has 0 N–H and O–H groups in total. The molecule has 0 saturated carbocycles. The molecule has 1 aromatic carbocycles. The zero-order valence-corrected chi connectivity index (χ0v) is 20.2. The third-order valence-electron chi connectivity index (χ3n) is 5.41. The highest BCUT2D eigenvalue weighted by molar-refractivity contribution is 7.99. The van der Waals surface area contributed by atoms with Gasteiger partial charge in [0, 0.05) is 11.3 Å². The van der Waals surface area contributed by atoms with E-state index in [1.165, 1.54) is 23.1 Å². The molecule has 1 aliphatic rings. The van der Waals surface area contributed by atoms with Gasteiger partial charge in [-0.3, -0.25) is 14.2 Å². The lowest BCUT2D eigenvalue weighted by atomic mass is 9.96. The Balaban J connectivity index is 1.85. The minimum atomic E-state index is -0.341. The number of fused-ring (bicyclic) bond motifs is 3. The maximum absolute atomic E-state index is 13.8. The summed E-state index contributed by atoms with van der Waals surface area (Å²) < 4.78 is 17.9. The van der Waals surface area contributed by atoms with Crippen molar-refractivity contribution in [2.45, 2.75) is 45.1 Å². The van der Waals surface area contributed by atoms with Gasteiger partial charge in [-0.25, -0.2) is 4.98 Å². The third-order valence-corrected chi connectivity index (χ3v) is 7.42. The van der Waals surface area contributed by atoms with Crippen LogP contribution in [0.5, 0.6) is 5.75 Å². The molecule has 4 rings (SSSR count). The monoisotopic (exact) mass is 474 g/mol. The second kappa shape index (κ2) is 9.64. The first-order valence-electron chi connectivity index (χ1n) is 10.5. The van der Waals surface area contributed by atoms with Crippen LogP contribution in [-0.4, -0.2) is 41.1 Å². The van der Waals surface area contributed by atoms with E-state index in [2.05, 4.69) is 13.8 Å². The maximum Gasteiger partial charge on any atom is 0.316 e. The van der Waals surface area contributed by atoms with E-state index in [1.807, 2.05) is 12.1 Å². The Bertz CT molecular complexity index is 1180. The Morgan fingerprint density at radius 2 is 2.09 bits per heavy atom. The van der Waals surface area contributed by atoms with Crippen molar-refractivity contribution in [3.05, 3.63) is 45.1 Å². The van der Waals surface area contributed by atoms with Gasteiger partial charge in [0.05, 0.1) is 43.3 Å². The Morgan fingerprint density at radius 1 is 1.34 bits per heavy atom. The van der Waals surface area contributed by atoms with E-state index in [0.29, 0.717) is 52.4 Å². The van der Waals surface area contributed by atoms with Crippen LogP contribution in [0.3, 0.4) is 0 Å². The third kappa shape index (κ3) is 4.42.